The molecule has 0 atom stereocenters. The largest absolute Gasteiger partial charge is 0.466 e. The summed E-state index contributed by atoms with van der Waals surface area (Å²) in [5, 5.41) is 0. The van der Waals surface area contributed by atoms with E-state index in [4.69, 9.17) is 4.74 Å². The Morgan fingerprint density at radius 1 is 1.32 bits per heavy atom. The number of methoxy groups -OCH3 is 1. The van der Waals surface area contributed by atoms with E-state index in [1.54, 1.807) is 12.1 Å². The van der Waals surface area contributed by atoms with Crippen LogP contribution in [-0.2, 0) is 19.1 Å². The van der Waals surface area contributed by atoms with Crippen molar-refractivity contribution in [2.75, 3.05) is 7.11 Å². The Hall–Kier alpha value is -2.69. The van der Waals surface area contributed by atoms with Gasteiger partial charge in [-0.2, -0.15) is 0 Å². The highest BCUT2D eigenvalue weighted by Crippen LogP contribution is 2.15. The van der Waals surface area contributed by atoms with Crippen LogP contribution in [0.2, 0.25) is 0 Å². The highest BCUT2D eigenvalue weighted by Gasteiger charge is 2.23. The van der Waals surface area contributed by atoms with Gasteiger partial charge in [0.1, 0.15) is 0 Å². The van der Waals surface area contributed by atoms with Gasteiger partial charge >= 0.3 is 11.9 Å². The number of esters is 2. The summed E-state index contributed by atoms with van der Waals surface area (Å²) >= 11 is 0. The molecule has 0 saturated heterocycles. The average molecular weight is 257 g/mol. The molecule has 0 saturated carbocycles. The Labute approximate surface area is 109 Å². The van der Waals surface area contributed by atoms with Crippen LogP contribution in [0.4, 0.5) is 0 Å². The normalized spacial score (nSPS) is 16.6. The van der Waals surface area contributed by atoms with E-state index in [1.165, 1.54) is 25.3 Å². The van der Waals surface area contributed by atoms with Crippen molar-refractivity contribution >= 4 is 17.8 Å². The van der Waals surface area contributed by atoms with Crippen molar-refractivity contribution in [1.82, 2.24) is 0 Å². The summed E-state index contributed by atoms with van der Waals surface area (Å²) < 4.78 is 9.46. The first-order valence-corrected chi connectivity index (χ1v) is 5.53. The van der Waals surface area contributed by atoms with Gasteiger partial charge in [-0.1, -0.05) is 24.3 Å². The standard InChI is InChI=1S/C14H11NO4/c1-18-12(16)9-5-8-11-14(17)19-13(15-11)10-6-3-2-4-7-10/h2-9H,1H3/b9-5+,11-8-. The number of cyclic esters (lactones) is 1. The number of carbonyl (C=O) groups excluding carboxylic acids is 2. The molecule has 0 aromatic heterocycles. The van der Waals surface area contributed by atoms with Gasteiger partial charge in [-0.05, 0) is 18.2 Å². The zero-order valence-electron chi connectivity index (χ0n) is 10.2. The number of aliphatic imine (C=N–C) groups is 1. The molecule has 19 heavy (non-hydrogen) atoms. The SMILES string of the molecule is COC(=O)/C=C/C=C1\N=C(c2ccccc2)OC1=O. The van der Waals surface area contributed by atoms with Crippen LogP contribution in [0.15, 0.2) is 59.2 Å². The maximum atomic E-state index is 11.5. The second kappa shape index (κ2) is 5.77. The topological polar surface area (TPSA) is 65.0 Å². The van der Waals surface area contributed by atoms with Crippen LogP contribution in [0.5, 0.6) is 0 Å². The molecule has 0 amide bonds. The van der Waals surface area contributed by atoms with Gasteiger partial charge in [-0.3, -0.25) is 0 Å². The van der Waals surface area contributed by atoms with E-state index >= 15 is 0 Å². The molecule has 1 aliphatic rings. The van der Waals surface area contributed by atoms with Crippen LogP contribution >= 0.6 is 0 Å². The molecule has 0 N–H and O–H groups in total. The second-order valence-corrected chi connectivity index (χ2v) is 3.61. The van der Waals surface area contributed by atoms with E-state index in [-0.39, 0.29) is 11.6 Å². The molecule has 5 nitrogen and oxygen atoms in total. The summed E-state index contributed by atoms with van der Waals surface area (Å²) in [5.41, 5.74) is 0.857. The average Bonchev–Trinajstić information content (AvgIpc) is 2.81. The number of rotatable bonds is 3. The fourth-order valence-corrected chi connectivity index (χ4v) is 1.41. The van der Waals surface area contributed by atoms with Crippen LogP contribution < -0.4 is 0 Å². The highest BCUT2D eigenvalue weighted by molar-refractivity contribution is 6.11. The Balaban J connectivity index is 2.17. The number of ether oxygens (including phenoxy) is 2. The quantitative estimate of drug-likeness (QED) is 0.609. The fraction of sp³-hybridized carbons (Fsp3) is 0.0714. The number of carbonyl (C=O) groups is 2. The molecule has 0 spiro atoms. The molecule has 1 aliphatic heterocycles. The van der Waals surface area contributed by atoms with E-state index in [9.17, 15) is 9.59 Å². The third kappa shape index (κ3) is 3.16. The molecule has 1 aromatic rings. The van der Waals surface area contributed by atoms with E-state index in [1.807, 2.05) is 18.2 Å². The van der Waals surface area contributed by atoms with Gasteiger partial charge in [-0.25, -0.2) is 14.6 Å². The summed E-state index contributed by atoms with van der Waals surface area (Å²) in [7, 11) is 1.27. The first-order chi connectivity index (χ1) is 9.20. The lowest BCUT2D eigenvalue weighted by molar-refractivity contribution is -0.135. The predicted molar refractivity (Wildman–Crippen MR) is 68.3 cm³/mol. The molecule has 1 heterocycles. The third-order valence-electron chi connectivity index (χ3n) is 2.33. The van der Waals surface area contributed by atoms with Crippen molar-refractivity contribution in [1.29, 1.82) is 0 Å². The summed E-state index contributed by atoms with van der Waals surface area (Å²) in [5.74, 6) is -0.799. The minimum atomic E-state index is -0.548. The van der Waals surface area contributed by atoms with Crippen LogP contribution in [0.3, 0.4) is 0 Å². The van der Waals surface area contributed by atoms with Crippen molar-refractivity contribution in [3.05, 3.63) is 59.8 Å². The van der Waals surface area contributed by atoms with E-state index in [2.05, 4.69) is 9.73 Å². The van der Waals surface area contributed by atoms with Gasteiger partial charge in [0, 0.05) is 11.6 Å². The molecule has 96 valence electrons. The van der Waals surface area contributed by atoms with Gasteiger partial charge in [0.15, 0.2) is 5.70 Å². The number of benzene rings is 1. The molecule has 0 fully saturated rings. The number of hydrogen-bond donors (Lipinski definition) is 0. The molecule has 0 unspecified atom stereocenters. The van der Waals surface area contributed by atoms with E-state index in [0.29, 0.717) is 0 Å². The Bertz CT molecular complexity index is 585. The lowest BCUT2D eigenvalue weighted by Crippen LogP contribution is -2.04. The molecular formula is C14H11NO4. The van der Waals surface area contributed by atoms with Gasteiger partial charge < -0.3 is 9.47 Å². The van der Waals surface area contributed by atoms with Crippen LogP contribution in [0.1, 0.15) is 5.56 Å². The summed E-state index contributed by atoms with van der Waals surface area (Å²) in [6.45, 7) is 0. The minimum absolute atomic E-state index is 0.138. The van der Waals surface area contributed by atoms with Gasteiger partial charge in [0.05, 0.1) is 7.11 Å². The predicted octanol–water partition coefficient (Wildman–Crippen LogP) is 1.60. The second-order valence-electron chi connectivity index (χ2n) is 3.61. The third-order valence-corrected chi connectivity index (χ3v) is 2.33. The lowest BCUT2D eigenvalue weighted by Gasteiger charge is -1.97. The number of hydrogen-bond acceptors (Lipinski definition) is 5. The Morgan fingerprint density at radius 3 is 2.74 bits per heavy atom. The van der Waals surface area contributed by atoms with Crippen molar-refractivity contribution in [2.45, 2.75) is 0 Å². The first kappa shape index (κ1) is 12.8. The minimum Gasteiger partial charge on any atom is -0.466 e. The molecule has 2 rings (SSSR count). The van der Waals surface area contributed by atoms with E-state index in [0.717, 1.165) is 5.56 Å². The molecule has 0 radical (unpaired) electrons. The summed E-state index contributed by atoms with van der Waals surface area (Å²) in [6, 6.07) is 9.09. The van der Waals surface area contributed by atoms with Gasteiger partial charge in [0.2, 0.25) is 5.90 Å². The zero-order valence-corrected chi connectivity index (χ0v) is 10.2. The van der Waals surface area contributed by atoms with Crippen molar-refractivity contribution in [2.24, 2.45) is 4.99 Å². The van der Waals surface area contributed by atoms with E-state index < -0.39 is 11.9 Å². The monoisotopic (exact) mass is 257 g/mol. The molecular weight excluding hydrogens is 246 g/mol. The molecule has 1 aromatic carbocycles. The lowest BCUT2D eigenvalue weighted by atomic mass is 10.2. The van der Waals surface area contributed by atoms with Gasteiger partial charge in [-0.15, -0.1) is 0 Å². The number of nitrogens with zero attached hydrogens (tertiary/aromatic N) is 1. The molecule has 0 bridgehead atoms. The van der Waals surface area contributed by atoms with Gasteiger partial charge in [0.25, 0.3) is 0 Å². The first-order valence-electron chi connectivity index (χ1n) is 5.53. The fourth-order valence-electron chi connectivity index (χ4n) is 1.41. The summed E-state index contributed by atoms with van der Waals surface area (Å²) in [6.07, 6.45) is 3.98. The Kier molecular flexibility index (Phi) is 3.87. The van der Waals surface area contributed by atoms with Crippen LogP contribution in [-0.4, -0.2) is 24.9 Å². The maximum absolute atomic E-state index is 11.5. The maximum Gasteiger partial charge on any atom is 0.363 e. The van der Waals surface area contributed by atoms with Crippen molar-refractivity contribution < 1.29 is 19.1 Å². The number of allylic oxidation sites excluding steroid dienone is 2. The molecule has 5 heteroatoms. The zero-order chi connectivity index (χ0) is 13.7. The van der Waals surface area contributed by atoms with Crippen molar-refractivity contribution in [3.63, 3.8) is 0 Å². The van der Waals surface area contributed by atoms with Crippen molar-refractivity contribution in [3.8, 4) is 0 Å². The molecule has 0 aliphatic carbocycles. The highest BCUT2D eigenvalue weighted by atomic mass is 16.6. The van der Waals surface area contributed by atoms with Crippen LogP contribution in [0.25, 0.3) is 0 Å². The van der Waals surface area contributed by atoms with Crippen LogP contribution in [0, 0.1) is 0 Å². The summed E-state index contributed by atoms with van der Waals surface area (Å²) in [4.78, 5) is 26.5. The smallest absolute Gasteiger partial charge is 0.363 e. The Morgan fingerprint density at radius 2 is 2.05 bits per heavy atom.